The third kappa shape index (κ3) is 2.70. The van der Waals surface area contributed by atoms with Gasteiger partial charge in [0, 0.05) is 18.0 Å². The Morgan fingerprint density at radius 1 is 1.43 bits per heavy atom. The number of rotatable bonds is 4. The summed E-state index contributed by atoms with van der Waals surface area (Å²) in [5.74, 6) is 0.964. The standard InChI is InChI=1S/C10H12ClNO2/c1-8(6-7-11)9-2-4-10(5-3-9)12(13)14/h2-5,8H,6-7H2,1H3. The van der Waals surface area contributed by atoms with Gasteiger partial charge in [0.1, 0.15) is 0 Å². The van der Waals surface area contributed by atoms with Crippen molar-refractivity contribution in [2.45, 2.75) is 19.3 Å². The van der Waals surface area contributed by atoms with Crippen molar-refractivity contribution < 1.29 is 4.92 Å². The molecule has 0 saturated heterocycles. The second-order valence-electron chi connectivity index (χ2n) is 3.23. The van der Waals surface area contributed by atoms with E-state index >= 15 is 0 Å². The lowest BCUT2D eigenvalue weighted by Crippen LogP contribution is -1.95. The zero-order valence-electron chi connectivity index (χ0n) is 7.94. The number of benzene rings is 1. The van der Waals surface area contributed by atoms with Crippen LogP contribution in [-0.4, -0.2) is 10.8 Å². The molecule has 1 aromatic rings. The normalized spacial score (nSPS) is 12.4. The van der Waals surface area contributed by atoms with Crippen LogP contribution < -0.4 is 0 Å². The summed E-state index contributed by atoms with van der Waals surface area (Å²) < 4.78 is 0. The Bertz CT molecular complexity index is 310. The predicted molar refractivity (Wildman–Crippen MR) is 56.8 cm³/mol. The number of hydrogen-bond acceptors (Lipinski definition) is 2. The third-order valence-corrected chi connectivity index (χ3v) is 2.43. The number of alkyl halides is 1. The van der Waals surface area contributed by atoms with Gasteiger partial charge in [0.25, 0.3) is 5.69 Å². The molecule has 4 heteroatoms. The maximum Gasteiger partial charge on any atom is 0.269 e. The summed E-state index contributed by atoms with van der Waals surface area (Å²) in [6.07, 6.45) is 0.888. The van der Waals surface area contributed by atoms with E-state index in [1.54, 1.807) is 12.1 Å². The first-order valence-electron chi connectivity index (χ1n) is 4.45. The van der Waals surface area contributed by atoms with Gasteiger partial charge in [-0.15, -0.1) is 11.6 Å². The lowest BCUT2D eigenvalue weighted by Gasteiger charge is -2.08. The van der Waals surface area contributed by atoms with Crippen molar-refractivity contribution in [2.24, 2.45) is 0 Å². The lowest BCUT2D eigenvalue weighted by molar-refractivity contribution is -0.384. The molecule has 0 aromatic heterocycles. The Morgan fingerprint density at radius 3 is 2.43 bits per heavy atom. The van der Waals surface area contributed by atoms with Crippen molar-refractivity contribution >= 4 is 17.3 Å². The number of non-ortho nitro benzene ring substituents is 1. The molecule has 1 atom stereocenters. The summed E-state index contributed by atoms with van der Waals surface area (Å²) in [4.78, 5) is 10.00. The van der Waals surface area contributed by atoms with E-state index in [4.69, 9.17) is 11.6 Å². The van der Waals surface area contributed by atoms with Crippen molar-refractivity contribution in [1.29, 1.82) is 0 Å². The summed E-state index contributed by atoms with van der Waals surface area (Å²) in [5.41, 5.74) is 1.23. The van der Waals surface area contributed by atoms with Crippen LogP contribution >= 0.6 is 11.6 Å². The molecule has 1 rings (SSSR count). The molecule has 0 fully saturated rings. The van der Waals surface area contributed by atoms with Gasteiger partial charge in [-0.3, -0.25) is 10.1 Å². The van der Waals surface area contributed by atoms with E-state index in [-0.39, 0.29) is 5.69 Å². The summed E-state index contributed by atoms with van der Waals surface area (Å²) in [7, 11) is 0. The average molecular weight is 214 g/mol. The molecule has 1 aromatic carbocycles. The van der Waals surface area contributed by atoms with Crippen molar-refractivity contribution in [1.82, 2.24) is 0 Å². The molecule has 0 heterocycles. The third-order valence-electron chi connectivity index (χ3n) is 2.22. The molecule has 0 saturated carbocycles. The molecule has 3 nitrogen and oxygen atoms in total. The van der Waals surface area contributed by atoms with Crippen LogP contribution in [0.5, 0.6) is 0 Å². The van der Waals surface area contributed by atoms with Crippen molar-refractivity contribution in [3.05, 3.63) is 39.9 Å². The van der Waals surface area contributed by atoms with Crippen molar-refractivity contribution in [2.75, 3.05) is 5.88 Å². The smallest absolute Gasteiger partial charge is 0.258 e. The topological polar surface area (TPSA) is 43.1 Å². The van der Waals surface area contributed by atoms with Gasteiger partial charge in [0.15, 0.2) is 0 Å². The van der Waals surface area contributed by atoms with E-state index in [2.05, 4.69) is 6.92 Å². The number of nitro groups is 1. The molecular weight excluding hydrogens is 202 g/mol. The molecule has 1 unspecified atom stereocenters. The van der Waals surface area contributed by atoms with Gasteiger partial charge in [-0.25, -0.2) is 0 Å². The number of nitro benzene ring substituents is 1. The number of nitrogens with zero attached hydrogens (tertiary/aromatic N) is 1. The lowest BCUT2D eigenvalue weighted by atomic mass is 9.99. The first kappa shape index (κ1) is 11.0. The van der Waals surface area contributed by atoms with Crippen LogP contribution in [0.15, 0.2) is 24.3 Å². The minimum Gasteiger partial charge on any atom is -0.258 e. The highest BCUT2D eigenvalue weighted by atomic mass is 35.5. The van der Waals surface area contributed by atoms with Gasteiger partial charge < -0.3 is 0 Å². The van der Waals surface area contributed by atoms with Crippen molar-refractivity contribution in [3.8, 4) is 0 Å². The molecule has 76 valence electrons. The number of hydrogen-bond donors (Lipinski definition) is 0. The van der Waals surface area contributed by atoms with Crippen molar-refractivity contribution in [3.63, 3.8) is 0 Å². The van der Waals surface area contributed by atoms with Gasteiger partial charge in [-0.05, 0) is 17.9 Å². The maximum atomic E-state index is 10.4. The fourth-order valence-corrected chi connectivity index (χ4v) is 1.58. The zero-order chi connectivity index (χ0) is 10.6. The summed E-state index contributed by atoms with van der Waals surface area (Å²) in [6, 6.07) is 6.63. The molecule has 0 aliphatic heterocycles. The largest absolute Gasteiger partial charge is 0.269 e. The SMILES string of the molecule is CC(CCCl)c1ccc([N+](=O)[O-])cc1. The maximum absolute atomic E-state index is 10.4. The molecule has 0 spiro atoms. The van der Waals surface area contributed by atoms with Gasteiger partial charge in [0.05, 0.1) is 4.92 Å². The van der Waals surface area contributed by atoms with Crippen LogP contribution in [0, 0.1) is 10.1 Å². The van der Waals surface area contributed by atoms with E-state index in [0.717, 1.165) is 12.0 Å². The van der Waals surface area contributed by atoms with Crippen LogP contribution in [0.2, 0.25) is 0 Å². The monoisotopic (exact) mass is 213 g/mol. The van der Waals surface area contributed by atoms with Gasteiger partial charge in [-0.1, -0.05) is 19.1 Å². The Labute approximate surface area is 87.8 Å². The summed E-state index contributed by atoms with van der Waals surface area (Å²) in [5, 5.41) is 10.4. The molecule has 0 N–H and O–H groups in total. The second kappa shape index (κ2) is 4.96. The molecule has 14 heavy (non-hydrogen) atoms. The first-order valence-corrected chi connectivity index (χ1v) is 4.99. The second-order valence-corrected chi connectivity index (χ2v) is 3.61. The predicted octanol–water partition coefficient (Wildman–Crippen LogP) is 3.33. The Balaban J connectivity index is 2.77. The average Bonchev–Trinajstić information content (AvgIpc) is 2.18. The van der Waals surface area contributed by atoms with E-state index in [1.165, 1.54) is 12.1 Å². The van der Waals surface area contributed by atoms with E-state index in [0.29, 0.717) is 11.8 Å². The van der Waals surface area contributed by atoms with Crippen LogP contribution in [-0.2, 0) is 0 Å². The van der Waals surface area contributed by atoms with Crippen LogP contribution in [0.1, 0.15) is 24.8 Å². The highest BCUT2D eigenvalue weighted by Gasteiger charge is 2.08. The molecular formula is C10H12ClNO2. The van der Waals surface area contributed by atoms with Gasteiger partial charge in [0.2, 0.25) is 0 Å². The summed E-state index contributed by atoms with van der Waals surface area (Å²) >= 11 is 5.62. The number of halogens is 1. The van der Waals surface area contributed by atoms with Gasteiger partial charge in [-0.2, -0.15) is 0 Å². The first-order chi connectivity index (χ1) is 6.65. The van der Waals surface area contributed by atoms with E-state index < -0.39 is 4.92 Å². The quantitative estimate of drug-likeness (QED) is 0.438. The van der Waals surface area contributed by atoms with Crippen LogP contribution in [0.3, 0.4) is 0 Å². The molecule has 0 aliphatic carbocycles. The minimum absolute atomic E-state index is 0.131. The zero-order valence-corrected chi connectivity index (χ0v) is 8.70. The molecule has 0 radical (unpaired) electrons. The highest BCUT2D eigenvalue weighted by molar-refractivity contribution is 6.17. The molecule has 0 bridgehead atoms. The Kier molecular flexibility index (Phi) is 3.89. The Morgan fingerprint density at radius 2 is 2.00 bits per heavy atom. The fourth-order valence-electron chi connectivity index (χ4n) is 1.25. The van der Waals surface area contributed by atoms with Gasteiger partial charge >= 0.3 is 0 Å². The highest BCUT2D eigenvalue weighted by Crippen LogP contribution is 2.21. The fraction of sp³-hybridized carbons (Fsp3) is 0.400. The minimum atomic E-state index is -0.393. The Hall–Kier alpha value is -1.09. The van der Waals surface area contributed by atoms with Crippen LogP contribution in [0.25, 0.3) is 0 Å². The molecule has 0 aliphatic rings. The van der Waals surface area contributed by atoms with E-state index in [1.807, 2.05) is 0 Å². The summed E-state index contributed by atoms with van der Waals surface area (Å²) in [6.45, 7) is 2.06. The molecule has 0 amide bonds. The van der Waals surface area contributed by atoms with E-state index in [9.17, 15) is 10.1 Å². The van der Waals surface area contributed by atoms with Crippen LogP contribution in [0.4, 0.5) is 5.69 Å².